The molecule has 1 aromatic heterocycles. The molecule has 1 atom stereocenters. The highest BCUT2D eigenvalue weighted by molar-refractivity contribution is 8.00. The number of carbonyl (C=O) groups excluding carboxylic acids is 2. The van der Waals surface area contributed by atoms with Crippen molar-refractivity contribution in [2.75, 3.05) is 10.6 Å². The molecule has 2 N–H and O–H groups in total. The first-order chi connectivity index (χ1) is 14.4. The van der Waals surface area contributed by atoms with E-state index in [2.05, 4.69) is 20.8 Å². The van der Waals surface area contributed by atoms with Crippen molar-refractivity contribution in [1.82, 2.24) is 10.2 Å². The minimum atomic E-state index is -0.453. The lowest BCUT2D eigenvalue weighted by Crippen LogP contribution is -2.22. The molecule has 30 heavy (non-hydrogen) atoms. The van der Waals surface area contributed by atoms with Crippen LogP contribution in [0.3, 0.4) is 0 Å². The summed E-state index contributed by atoms with van der Waals surface area (Å²) in [6.07, 6.45) is 0. The zero-order valence-corrected chi connectivity index (χ0v) is 17.7. The van der Waals surface area contributed by atoms with Gasteiger partial charge in [-0.2, -0.15) is 0 Å². The van der Waals surface area contributed by atoms with Gasteiger partial charge < -0.3 is 19.8 Å². The van der Waals surface area contributed by atoms with Crippen LogP contribution in [0.15, 0.2) is 58.2 Å². The van der Waals surface area contributed by atoms with Crippen molar-refractivity contribution in [2.24, 2.45) is 0 Å². The molecular weight excluding hydrogens is 404 g/mol. The van der Waals surface area contributed by atoms with Gasteiger partial charge in [-0.3, -0.25) is 9.59 Å². The van der Waals surface area contributed by atoms with Gasteiger partial charge in [0.1, 0.15) is 5.75 Å². The van der Waals surface area contributed by atoms with Crippen LogP contribution in [0.4, 0.5) is 11.4 Å². The topological polar surface area (TPSA) is 106 Å². The molecule has 0 saturated carbocycles. The highest BCUT2D eigenvalue weighted by atomic mass is 32.2. The van der Waals surface area contributed by atoms with Gasteiger partial charge in [0, 0.05) is 18.3 Å². The fourth-order valence-electron chi connectivity index (χ4n) is 2.48. The van der Waals surface area contributed by atoms with E-state index in [0.29, 0.717) is 22.5 Å². The van der Waals surface area contributed by atoms with Gasteiger partial charge in [-0.1, -0.05) is 23.9 Å². The summed E-state index contributed by atoms with van der Waals surface area (Å²) in [5.41, 5.74) is 2.38. The van der Waals surface area contributed by atoms with Gasteiger partial charge in [0.15, 0.2) is 6.61 Å². The Hall–Kier alpha value is -3.33. The molecule has 0 bridgehead atoms. The summed E-state index contributed by atoms with van der Waals surface area (Å²) in [5, 5.41) is 13.2. The molecule has 156 valence electrons. The third-order valence-corrected chi connectivity index (χ3v) is 4.85. The molecule has 1 unspecified atom stereocenters. The van der Waals surface area contributed by atoms with Crippen LogP contribution in [0.5, 0.6) is 5.75 Å². The van der Waals surface area contributed by atoms with Crippen molar-refractivity contribution in [2.45, 2.75) is 37.9 Å². The lowest BCUT2D eigenvalue weighted by Gasteiger charge is -2.10. The molecule has 0 radical (unpaired) electrons. The Morgan fingerprint density at radius 1 is 1.10 bits per heavy atom. The Kier molecular flexibility index (Phi) is 7.08. The zero-order chi connectivity index (χ0) is 21.5. The minimum absolute atomic E-state index is 0.151. The van der Waals surface area contributed by atoms with Crippen molar-refractivity contribution in [3.63, 3.8) is 0 Å². The molecule has 0 spiro atoms. The first-order valence-electron chi connectivity index (χ1n) is 9.26. The van der Waals surface area contributed by atoms with Crippen molar-refractivity contribution in [3.05, 3.63) is 60.0 Å². The van der Waals surface area contributed by atoms with Gasteiger partial charge in [-0.15, -0.1) is 10.2 Å². The summed E-state index contributed by atoms with van der Waals surface area (Å²) in [6.45, 7) is 5.32. The number of ether oxygens (including phenoxy) is 1. The zero-order valence-electron chi connectivity index (χ0n) is 16.8. The number of hydrogen-bond donors (Lipinski definition) is 2. The molecule has 0 aliphatic carbocycles. The molecule has 0 aliphatic heterocycles. The van der Waals surface area contributed by atoms with Crippen molar-refractivity contribution in [1.29, 1.82) is 0 Å². The number of carbonyl (C=O) groups is 2. The van der Waals surface area contributed by atoms with E-state index in [4.69, 9.17) is 9.15 Å². The van der Waals surface area contributed by atoms with E-state index in [1.54, 1.807) is 31.2 Å². The monoisotopic (exact) mass is 426 g/mol. The molecule has 0 saturated heterocycles. The van der Waals surface area contributed by atoms with Crippen LogP contribution in [0.1, 0.15) is 25.3 Å². The maximum atomic E-state index is 12.4. The molecule has 3 aromatic rings. The third kappa shape index (κ3) is 6.35. The number of nitrogens with zero attached hydrogens (tertiary/aromatic N) is 2. The van der Waals surface area contributed by atoms with E-state index < -0.39 is 5.25 Å². The number of anilines is 2. The molecule has 3 rings (SSSR count). The van der Waals surface area contributed by atoms with Crippen LogP contribution in [0.2, 0.25) is 0 Å². The summed E-state index contributed by atoms with van der Waals surface area (Å²) >= 11 is 1.16. The standard InChI is InChI=1S/C21H22N4O4S/c1-13-5-4-6-18(11-13)28-12-19-24-25-21(29-19)30-14(2)20(27)23-17-9-7-16(8-10-17)22-15(3)26/h4-11,14H,12H2,1-3H3,(H,22,26)(H,23,27). The smallest absolute Gasteiger partial charge is 0.277 e. The summed E-state index contributed by atoms with van der Waals surface area (Å²) in [6, 6.07) is 14.5. The SMILES string of the molecule is CC(=O)Nc1ccc(NC(=O)C(C)Sc2nnc(COc3cccc(C)c3)o2)cc1. The summed E-state index contributed by atoms with van der Waals surface area (Å²) in [4.78, 5) is 23.5. The number of amides is 2. The van der Waals surface area contributed by atoms with Crippen LogP contribution in [0, 0.1) is 6.92 Å². The van der Waals surface area contributed by atoms with Gasteiger partial charge in [0.05, 0.1) is 5.25 Å². The van der Waals surface area contributed by atoms with E-state index in [1.807, 2.05) is 31.2 Å². The van der Waals surface area contributed by atoms with Crippen molar-refractivity contribution >= 4 is 35.0 Å². The van der Waals surface area contributed by atoms with Gasteiger partial charge in [-0.25, -0.2) is 0 Å². The van der Waals surface area contributed by atoms with Gasteiger partial charge in [0.2, 0.25) is 11.8 Å². The molecule has 1 heterocycles. The van der Waals surface area contributed by atoms with E-state index in [0.717, 1.165) is 23.1 Å². The van der Waals surface area contributed by atoms with Gasteiger partial charge in [-0.05, 0) is 55.8 Å². The quantitative estimate of drug-likeness (QED) is 0.524. The van der Waals surface area contributed by atoms with Crippen molar-refractivity contribution in [3.8, 4) is 5.75 Å². The fraction of sp³-hybridized carbons (Fsp3) is 0.238. The average Bonchev–Trinajstić information content (AvgIpc) is 3.15. The number of aryl methyl sites for hydroxylation is 1. The number of aromatic nitrogens is 2. The molecule has 2 amide bonds. The average molecular weight is 426 g/mol. The first-order valence-corrected chi connectivity index (χ1v) is 10.1. The largest absolute Gasteiger partial charge is 0.484 e. The van der Waals surface area contributed by atoms with E-state index in [1.165, 1.54) is 6.92 Å². The molecule has 9 heteroatoms. The fourth-order valence-corrected chi connectivity index (χ4v) is 3.18. The Bertz CT molecular complexity index is 1020. The summed E-state index contributed by atoms with van der Waals surface area (Å²) in [7, 11) is 0. The van der Waals surface area contributed by atoms with Crippen molar-refractivity contribution < 1.29 is 18.7 Å². The predicted molar refractivity (Wildman–Crippen MR) is 115 cm³/mol. The molecule has 8 nitrogen and oxygen atoms in total. The minimum Gasteiger partial charge on any atom is -0.484 e. The maximum Gasteiger partial charge on any atom is 0.277 e. The predicted octanol–water partition coefficient (Wildman–Crippen LogP) is 4.03. The summed E-state index contributed by atoms with van der Waals surface area (Å²) < 4.78 is 11.2. The second kappa shape index (κ2) is 9.93. The number of hydrogen-bond acceptors (Lipinski definition) is 7. The Balaban J connectivity index is 1.49. The number of benzene rings is 2. The number of thioether (sulfide) groups is 1. The highest BCUT2D eigenvalue weighted by Gasteiger charge is 2.18. The Morgan fingerprint density at radius 3 is 2.47 bits per heavy atom. The first kappa shape index (κ1) is 21.4. The highest BCUT2D eigenvalue weighted by Crippen LogP contribution is 2.24. The molecule has 0 fully saturated rings. The van der Waals surface area contributed by atoms with Crippen LogP contribution < -0.4 is 15.4 Å². The Labute approximate surface area is 178 Å². The Morgan fingerprint density at radius 2 is 1.80 bits per heavy atom. The van der Waals surface area contributed by atoms with Crippen LogP contribution in [0.25, 0.3) is 0 Å². The second-order valence-corrected chi connectivity index (χ2v) is 7.87. The van der Waals surface area contributed by atoms with E-state index >= 15 is 0 Å². The van der Waals surface area contributed by atoms with Gasteiger partial charge >= 0.3 is 0 Å². The van der Waals surface area contributed by atoms with E-state index in [-0.39, 0.29) is 18.4 Å². The van der Waals surface area contributed by atoms with Crippen LogP contribution >= 0.6 is 11.8 Å². The molecule has 2 aromatic carbocycles. The number of nitrogens with one attached hydrogen (secondary N) is 2. The normalized spacial score (nSPS) is 11.6. The van der Waals surface area contributed by atoms with Crippen LogP contribution in [-0.2, 0) is 16.2 Å². The van der Waals surface area contributed by atoms with E-state index in [9.17, 15) is 9.59 Å². The molecular formula is C21H22N4O4S. The van der Waals surface area contributed by atoms with Gasteiger partial charge in [0.25, 0.3) is 11.1 Å². The lowest BCUT2D eigenvalue weighted by molar-refractivity contribution is -0.115. The van der Waals surface area contributed by atoms with Crippen LogP contribution in [-0.4, -0.2) is 27.3 Å². The summed E-state index contributed by atoms with van der Waals surface area (Å²) in [5.74, 6) is 0.697. The maximum absolute atomic E-state index is 12.4. The lowest BCUT2D eigenvalue weighted by atomic mass is 10.2. The molecule has 0 aliphatic rings. The number of rotatable bonds is 8. The third-order valence-electron chi connectivity index (χ3n) is 3.92. The second-order valence-electron chi connectivity index (χ2n) is 6.57.